The van der Waals surface area contributed by atoms with Crippen molar-refractivity contribution >= 4 is 37.3 Å². The number of halogens is 1. The molecule has 1 saturated heterocycles. The molecule has 88 valence electrons. The minimum atomic E-state index is -3.17. The SMILES string of the molecule is Nc1ccc(Br)c(N2CCCCS2(=O)=O)c1. The first kappa shape index (κ1) is 11.7. The lowest BCUT2D eigenvalue weighted by molar-refractivity contribution is 0.574. The zero-order chi connectivity index (χ0) is 11.8. The minimum absolute atomic E-state index is 0.217. The van der Waals surface area contributed by atoms with Crippen molar-refractivity contribution in [3.8, 4) is 0 Å². The van der Waals surface area contributed by atoms with Crippen LogP contribution in [0.1, 0.15) is 12.8 Å². The van der Waals surface area contributed by atoms with E-state index in [1.165, 1.54) is 4.31 Å². The summed E-state index contributed by atoms with van der Waals surface area (Å²) < 4.78 is 26.0. The van der Waals surface area contributed by atoms with Crippen molar-refractivity contribution < 1.29 is 8.42 Å². The van der Waals surface area contributed by atoms with Crippen LogP contribution in [-0.4, -0.2) is 20.7 Å². The molecule has 1 aromatic rings. The summed E-state index contributed by atoms with van der Waals surface area (Å²) in [6.45, 7) is 0.532. The summed E-state index contributed by atoms with van der Waals surface area (Å²) >= 11 is 3.36. The van der Waals surface area contributed by atoms with Crippen molar-refractivity contribution in [2.45, 2.75) is 12.8 Å². The molecule has 0 amide bonds. The lowest BCUT2D eigenvalue weighted by Gasteiger charge is -2.29. The molecule has 0 bridgehead atoms. The summed E-state index contributed by atoms with van der Waals surface area (Å²) in [5.41, 5.74) is 6.89. The third kappa shape index (κ3) is 2.17. The molecule has 1 aliphatic rings. The molecule has 16 heavy (non-hydrogen) atoms. The first-order valence-corrected chi connectivity index (χ1v) is 7.46. The molecule has 4 nitrogen and oxygen atoms in total. The Labute approximate surface area is 104 Å². The first-order chi connectivity index (χ1) is 7.50. The van der Waals surface area contributed by atoms with Gasteiger partial charge in [0.1, 0.15) is 0 Å². The summed E-state index contributed by atoms with van der Waals surface area (Å²) in [6, 6.07) is 5.20. The monoisotopic (exact) mass is 304 g/mol. The Morgan fingerprint density at radius 3 is 2.75 bits per heavy atom. The van der Waals surface area contributed by atoms with E-state index in [-0.39, 0.29) is 5.75 Å². The highest BCUT2D eigenvalue weighted by Gasteiger charge is 2.27. The van der Waals surface area contributed by atoms with Crippen LogP contribution in [0.5, 0.6) is 0 Å². The molecule has 0 spiro atoms. The van der Waals surface area contributed by atoms with Gasteiger partial charge in [0.15, 0.2) is 0 Å². The molecule has 0 saturated carbocycles. The molecule has 2 rings (SSSR count). The van der Waals surface area contributed by atoms with Gasteiger partial charge in [0, 0.05) is 16.7 Å². The number of benzene rings is 1. The van der Waals surface area contributed by atoms with E-state index in [0.717, 1.165) is 17.3 Å². The molecule has 0 aliphatic carbocycles. The van der Waals surface area contributed by atoms with Gasteiger partial charge < -0.3 is 5.73 Å². The zero-order valence-electron chi connectivity index (χ0n) is 8.69. The van der Waals surface area contributed by atoms with Gasteiger partial charge >= 0.3 is 0 Å². The molecule has 0 radical (unpaired) electrons. The van der Waals surface area contributed by atoms with Gasteiger partial charge in [-0.25, -0.2) is 8.42 Å². The van der Waals surface area contributed by atoms with E-state index in [0.29, 0.717) is 17.9 Å². The van der Waals surface area contributed by atoms with E-state index in [1.54, 1.807) is 18.2 Å². The van der Waals surface area contributed by atoms with E-state index in [2.05, 4.69) is 15.9 Å². The van der Waals surface area contributed by atoms with Crippen molar-refractivity contribution in [2.75, 3.05) is 22.3 Å². The van der Waals surface area contributed by atoms with Crippen LogP contribution in [0.25, 0.3) is 0 Å². The Morgan fingerprint density at radius 1 is 1.31 bits per heavy atom. The maximum Gasteiger partial charge on any atom is 0.235 e. The quantitative estimate of drug-likeness (QED) is 0.807. The highest BCUT2D eigenvalue weighted by Crippen LogP contribution is 2.32. The Kier molecular flexibility index (Phi) is 3.12. The number of nitrogen functional groups attached to an aromatic ring is 1. The van der Waals surface area contributed by atoms with Gasteiger partial charge in [-0.05, 0) is 47.0 Å². The molecule has 0 atom stereocenters. The average molecular weight is 305 g/mol. The third-order valence-electron chi connectivity index (χ3n) is 2.59. The van der Waals surface area contributed by atoms with Gasteiger partial charge in [-0.3, -0.25) is 4.31 Å². The van der Waals surface area contributed by atoms with Crippen LogP contribution in [0.15, 0.2) is 22.7 Å². The number of anilines is 2. The molecular formula is C10H13BrN2O2S. The average Bonchev–Trinajstić information content (AvgIpc) is 2.22. The predicted molar refractivity (Wildman–Crippen MR) is 68.9 cm³/mol. The number of nitrogens with zero attached hydrogens (tertiary/aromatic N) is 1. The van der Waals surface area contributed by atoms with Gasteiger partial charge in [-0.2, -0.15) is 0 Å². The van der Waals surface area contributed by atoms with Crippen LogP contribution in [0, 0.1) is 0 Å². The molecule has 1 aromatic carbocycles. The molecule has 1 heterocycles. The van der Waals surface area contributed by atoms with Crippen molar-refractivity contribution in [3.05, 3.63) is 22.7 Å². The van der Waals surface area contributed by atoms with Crippen molar-refractivity contribution in [2.24, 2.45) is 0 Å². The van der Waals surface area contributed by atoms with Gasteiger partial charge in [-0.1, -0.05) is 0 Å². The van der Waals surface area contributed by atoms with Gasteiger partial charge in [0.2, 0.25) is 10.0 Å². The van der Waals surface area contributed by atoms with Gasteiger partial charge in [0.25, 0.3) is 0 Å². The van der Waals surface area contributed by atoms with Crippen LogP contribution in [-0.2, 0) is 10.0 Å². The number of rotatable bonds is 1. The molecule has 1 fully saturated rings. The third-order valence-corrected chi connectivity index (χ3v) is 5.11. The van der Waals surface area contributed by atoms with Crippen molar-refractivity contribution in [3.63, 3.8) is 0 Å². The number of nitrogens with two attached hydrogens (primary N) is 1. The number of hydrogen-bond acceptors (Lipinski definition) is 3. The van der Waals surface area contributed by atoms with Crippen LogP contribution in [0.4, 0.5) is 11.4 Å². The fourth-order valence-electron chi connectivity index (χ4n) is 1.78. The Balaban J connectivity index is 2.46. The van der Waals surface area contributed by atoms with Crippen LogP contribution in [0.3, 0.4) is 0 Å². The van der Waals surface area contributed by atoms with Gasteiger partial charge in [0.05, 0.1) is 11.4 Å². The van der Waals surface area contributed by atoms with Crippen molar-refractivity contribution in [1.29, 1.82) is 0 Å². The molecule has 2 N–H and O–H groups in total. The highest BCUT2D eigenvalue weighted by atomic mass is 79.9. The lowest BCUT2D eigenvalue weighted by atomic mass is 10.2. The fourth-order valence-corrected chi connectivity index (χ4v) is 4.01. The van der Waals surface area contributed by atoms with Crippen LogP contribution >= 0.6 is 15.9 Å². The van der Waals surface area contributed by atoms with Gasteiger partial charge in [-0.15, -0.1) is 0 Å². The predicted octanol–water partition coefficient (Wildman–Crippen LogP) is 1.96. The minimum Gasteiger partial charge on any atom is -0.399 e. The standard InChI is InChI=1S/C10H13BrN2O2S/c11-9-4-3-8(12)7-10(9)13-5-1-2-6-16(13,14)15/h3-4,7H,1-2,5-6,12H2. The second kappa shape index (κ2) is 4.25. The molecule has 6 heteroatoms. The first-order valence-electron chi connectivity index (χ1n) is 5.06. The summed E-state index contributed by atoms with van der Waals surface area (Å²) in [5.74, 6) is 0.217. The summed E-state index contributed by atoms with van der Waals surface area (Å²) in [6.07, 6.45) is 1.62. The Morgan fingerprint density at radius 2 is 2.06 bits per heavy atom. The smallest absolute Gasteiger partial charge is 0.235 e. The fraction of sp³-hybridized carbons (Fsp3) is 0.400. The summed E-state index contributed by atoms with van der Waals surface area (Å²) in [5, 5.41) is 0. The number of hydrogen-bond donors (Lipinski definition) is 1. The topological polar surface area (TPSA) is 63.4 Å². The second-order valence-corrected chi connectivity index (χ2v) is 6.67. The second-order valence-electron chi connectivity index (χ2n) is 3.81. The number of sulfonamides is 1. The van der Waals surface area contributed by atoms with Crippen LogP contribution in [0.2, 0.25) is 0 Å². The van der Waals surface area contributed by atoms with E-state index >= 15 is 0 Å². The van der Waals surface area contributed by atoms with E-state index < -0.39 is 10.0 Å². The van der Waals surface area contributed by atoms with E-state index in [1.807, 2.05) is 0 Å². The summed E-state index contributed by atoms with van der Waals surface area (Å²) in [7, 11) is -3.17. The van der Waals surface area contributed by atoms with Crippen molar-refractivity contribution in [1.82, 2.24) is 0 Å². The summed E-state index contributed by atoms with van der Waals surface area (Å²) in [4.78, 5) is 0. The normalized spacial score (nSPS) is 19.7. The Hall–Kier alpha value is -0.750. The highest BCUT2D eigenvalue weighted by molar-refractivity contribution is 9.10. The van der Waals surface area contributed by atoms with E-state index in [9.17, 15) is 8.42 Å². The molecular weight excluding hydrogens is 292 g/mol. The lowest BCUT2D eigenvalue weighted by Crippen LogP contribution is -2.38. The Bertz CT molecular complexity index is 502. The molecule has 1 aliphatic heterocycles. The largest absolute Gasteiger partial charge is 0.399 e. The maximum absolute atomic E-state index is 11.9. The van der Waals surface area contributed by atoms with E-state index in [4.69, 9.17) is 5.73 Å². The zero-order valence-corrected chi connectivity index (χ0v) is 11.1. The molecule has 0 unspecified atom stereocenters. The maximum atomic E-state index is 11.9. The molecule has 0 aromatic heterocycles. The van der Waals surface area contributed by atoms with Crippen LogP contribution < -0.4 is 10.0 Å².